The predicted molar refractivity (Wildman–Crippen MR) is 50.5 cm³/mol. The molecule has 14 heavy (non-hydrogen) atoms. The lowest BCUT2D eigenvalue weighted by Crippen LogP contribution is -2.50. The van der Waals surface area contributed by atoms with Gasteiger partial charge < -0.3 is 14.9 Å². The first-order valence-corrected chi connectivity index (χ1v) is 4.30. The summed E-state index contributed by atoms with van der Waals surface area (Å²) in [5.74, 6) is 0.0681. The van der Waals surface area contributed by atoms with Gasteiger partial charge in [-0.05, 0) is 0 Å². The van der Waals surface area contributed by atoms with Crippen molar-refractivity contribution >= 4 is 6.09 Å². The van der Waals surface area contributed by atoms with Gasteiger partial charge in [0, 0.05) is 39.3 Å². The molecular formula is C9H13N3O2. The van der Waals surface area contributed by atoms with Crippen molar-refractivity contribution in [1.29, 1.82) is 5.26 Å². The molecule has 1 amide bonds. The number of rotatable bonds is 2. The van der Waals surface area contributed by atoms with Crippen molar-refractivity contribution in [2.75, 3.05) is 27.2 Å². The maximum atomic E-state index is 10.5. The van der Waals surface area contributed by atoms with Crippen molar-refractivity contribution in [2.45, 2.75) is 0 Å². The van der Waals surface area contributed by atoms with Gasteiger partial charge in [0.25, 0.3) is 0 Å². The summed E-state index contributed by atoms with van der Waals surface area (Å²) in [6.07, 6.45) is 0.826. The Morgan fingerprint density at radius 3 is 2.57 bits per heavy atom. The summed E-state index contributed by atoms with van der Waals surface area (Å²) in [4.78, 5) is 13.6. The van der Waals surface area contributed by atoms with E-state index in [1.165, 1.54) is 4.90 Å². The standard InChI is InChI=1S/C9H13N3O2/c1-11(2)4-7(3-10)8-5-12(6-8)9(13)14/h4,8H,5-6H2,1-2H3,(H,13,14)/b7-4+. The van der Waals surface area contributed by atoms with Crippen molar-refractivity contribution in [2.24, 2.45) is 5.92 Å². The van der Waals surface area contributed by atoms with Crippen molar-refractivity contribution in [3.05, 3.63) is 11.8 Å². The average molecular weight is 195 g/mol. The van der Waals surface area contributed by atoms with Gasteiger partial charge in [-0.1, -0.05) is 0 Å². The van der Waals surface area contributed by atoms with Gasteiger partial charge in [0.05, 0.1) is 11.6 Å². The zero-order chi connectivity index (χ0) is 10.7. The topological polar surface area (TPSA) is 67.6 Å². The average Bonchev–Trinajstić information content (AvgIpc) is 1.98. The number of carboxylic acid groups (broad SMARTS) is 1. The molecule has 76 valence electrons. The van der Waals surface area contributed by atoms with E-state index < -0.39 is 6.09 Å². The lowest BCUT2D eigenvalue weighted by molar-refractivity contribution is 0.0948. The third-order valence-corrected chi connectivity index (χ3v) is 2.12. The van der Waals surface area contributed by atoms with Crippen LogP contribution >= 0.6 is 0 Å². The summed E-state index contributed by atoms with van der Waals surface area (Å²) in [5, 5.41) is 17.4. The molecule has 0 saturated carbocycles. The fourth-order valence-corrected chi connectivity index (χ4v) is 1.34. The molecule has 0 unspecified atom stereocenters. The molecule has 0 aromatic carbocycles. The molecule has 0 aliphatic carbocycles. The maximum Gasteiger partial charge on any atom is 0.407 e. The normalized spacial score (nSPS) is 17.2. The molecule has 1 N–H and O–H groups in total. The van der Waals surface area contributed by atoms with Crippen LogP contribution in [0.15, 0.2) is 11.8 Å². The van der Waals surface area contributed by atoms with Crippen LogP contribution in [-0.4, -0.2) is 48.2 Å². The molecule has 0 aromatic rings. The van der Waals surface area contributed by atoms with Crippen LogP contribution in [0, 0.1) is 17.2 Å². The summed E-state index contributed by atoms with van der Waals surface area (Å²) in [7, 11) is 3.68. The molecule has 0 spiro atoms. The van der Waals surface area contributed by atoms with Gasteiger partial charge in [-0.2, -0.15) is 5.26 Å². The largest absolute Gasteiger partial charge is 0.465 e. The zero-order valence-corrected chi connectivity index (χ0v) is 8.27. The first kappa shape index (κ1) is 10.4. The fraction of sp³-hybridized carbons (Fsp3) is 0.556. The molecule has 1 heterocycles. The summed E-state index contributed by atoms with van der Waals surface area (Å²) >= 11 is 0. The highest BCUT2D eigenvalue weighted by molar-refractivity contribution is 5.66. The summed E-state index contributed by atoms with van der Waals surface area (Å²) < 4.78 is 0. The number of hydrogen-bond donors (Lipinski definition) is 1. The smallest absolute Gasteiger partial charge is 0.407 e. The van der Waals surface area contributed by atoms with Gasteiger partial charge in [0.1, 0.15) is 0 Å². The lowest BCUT2D eigenvalue weighted by Gasteiger charge is -2.36. The Kier molecular flexibility index (Phi) is 2.97. The highest BCUT2D eigenvalue weighted by Gasteiger charge is 2.33. The van der Waals surface area contributed by atoms with E-state index in [-0.39, 0.29) is 5.92 Å². The Labute approximate surface area is 82.8 Å². The van der Waals surface area contributed by atoms with Crippen LogP contribution in [0.4, 0.5) is 4.79 Å². The first-order valence-electron chi connectivity index (χ1n) is 4.30. The van der Waals surface area contributed by atoms with Gasteiger partial charge >= 0.3 is 6.09 Å². The van der Waals surface area contributed by atoms with E-state index in [0.29, 0.717) is 18.7 Å². The van der Waals surface area contributed by atoms with Crippen LogP contribution in [0.1, 0.15) is 0 Å². The van der Waals surface area contributed by atoms with E-state index in [4.69, 9.17) is 10.4 Å². The van der Waals surface area contributed by atoms with Gasteiger partial charge in [0.15, 0.2) is 0 Å². The second-order valence-electron chi connectivity index (χ2n) is 3.54. The van der Waals surface area contributed by atoms with Crippen molar-refractivity contribution in [3.8, 4) is 6.07 Å². The van der Waals surface area contributed by atoms with Gasteiger partial charge in [-0.25, -0.2) is 4.79 Å². The first-order chi connectivity index (χ1) is 6.54. The molecular weight excluding hydrogens is 182 g/mol. The Hall–Kier alpha value is -1.70. The van der Waals surface area contributed by atoms with Crippen LogP contribution in [0.3, 0.4) is 0 Å². The minimum absolute atomic E-state index is 0.0681. The van der Waals surface area contributed by atoms with Gasteiger partial charge in [-0.15, -0.1) is 0 Å². The maximum absolute atomic E-state index is 10.5. The Morgan fingerprint density at radius 1 is 1.64 bits per heavy atom. The molecule has 1 aliphatic rings. The van der Waals surface area contributed by atoms with Crippen molar-refractivity contribution in [3.63, 3.8) is 0 Å². The van der Waals surface area contributed by atoms with E-state index >= 15 is 0 Å². The van der Waals surface area contributed by atoms with Crippen molar-refractivity contribution in [1.82, 2.24) is 9.80 Å². The van der Waals surface area contributed by atoms with E-state index in [2.05, 4.69) is 6.07 Å². The third kappa shape index (κ3) is 2.16. The van der Waals surface area contributed by atoms with E-state index in [9.17, 15) is 4.79 Å². The lowest BCUT2D eigenvalue weighted by atomic mass is 9.93. The minimum atomic E-state index is -0.914. The van der Waals surface area contributed by atoms with Crippen molar-refractivity contribution < 1.29 is 9.90 Å². The number of likely N-dealkylation sites (tertiary alicyclic amines) is 1. The summed E-state index contributed by atoms with van der Waals surface area (Å²) in [6, 6.07) is 2.09. The molecule has 0 radical (unpaired) electrons. The summed E-state index contributed by atoms with van der Waals surface area (Å²) in [5.41, 5.74) is 0.646. The molecule has 0 atom stereocenters. The summed E-state index contributed by atoms with van der Waals surface area (Å²) in [6.45, 7) is 0.866. The van der Waals surface area contributed by atoms with Crippen LogP contribution in [0.5, 0.6) is 0 Å². The Bertz CT molecular complexity index is 298. The highest BCUT2D eigenvalue weighted by Crippen LogP contribution is 2.22. The van der Waals surface area contributed by atoms with Crippen LogP contribution < -0.4 is 0 Å². The van der Waals surface area contributed by atoms with Crippen LogP contribution in [0.2, 0.25) is 0 Å². The fourth-order valence-electron chi connectivity index (χ4n) is 1.34. The highest BCUT2D eigenvalue weighted by atomic mass is 16.4. The zero-order valence-electron chi connectivity index (χ0n) is 8.27. The quantitative estimate of drug-likeness (QED) is 0.654. The van der Waals surface area contributed by atoms with Crippen LogP contribution in [0.25, 0.3) is 0 Å². The third-order valence-electron chi connectivity index (χ3n) is 2.12. The molecule has 1 aliphatic heterocycles. The molecule has 1 fully saturated rings. The molecule has 0 aromatic heterocycles. The number of carbonyl (C=O) groups is 1. The monoisotopic (exact) mass is 195 g/mol. The number of hydrogen-bond acceptors (Lipinski definition) is 3. The Morgan fingerprint density at radius 2 is 2.21 bits per heavy atom. The predicted octanol–water partition coefficient (Wildman–Crippen LogP) is 0.565. The van der Waals surface area contributed by atoms with Gasteiger partial charge in [0.2, 0.25) is 0 Å². The van der Waals surface area contributed by atoms with E-state index in [1.54, 1.807) is 11.1 Å². The van der Waals surface area contributed by atoms with Crippen LogP contribution in [-0.2, 0) is 0 Å². The SMILES string of the molecule is CN(C)/C=C(\C#N)C1CN(C(=O)O)C1. The molecule has 0 bridgehead atoms. The molecule has 1 saturated heterocycles. The second-order valence-corrected chi connectivity index (χ2v) is 3.54. The second kappa shape index (κ2) is 4.01. The molecule has 5 nitrogen and oxygen atoms in total. The Balaban J connectivity index is 2.53. The van der Waals surface area contributed by atoms with E-state index in [0.717, 1.165) is 0 Å². The minimum Gasteiger partial charge on any atom is -0.465 e. The molecule has 1 rings (SSSR count). The number of amides is 1. The van der Waals surface area contributed by atoms with Gasteiger partial charge in [-0.3, -0.25) is 0 Å². The number of nitrogens with zero attached hydrogens (tertiary/aromatic N) is 3. The molecule has 5 heteroatoms. The number of nitriles is 1. The van der Waals surface area contributed by atoms with E-state index in [1.807, 2.05) is 14.1 Å².